The summed E-state index contributed by atoms with van der Waals surface area (Å²) in [6.45, 7) is 4.20. The Morgan fingerprint density at radius 2 is 2.12 bits per heavy atom. The number of nitrogens with zero attached hydrogens (tertiary/aromatic N) is 2. The molecule has 1 aromatic carbocycles. The van der Waals surface area contributed by atoms with Crippen molar-refractivity contribution in [3.05, 3.63) is 41.5 Å². The summed E-state index contributed by atoms with van der Waals surface area (Å²) in [6, 6.07) is 7.96. The molecule has 1 aromatic heterocycles. The van der Waals surface area contributed by atoms with E-state index in [2.05, 4.69) is 23.1 Å². The van der Waals surface area contributed by atoms with Gasteiger partial charge in [0.25, 0.3) is 0 Å². The minimum atomic E-state index is 0.342. The molecule has 0 unspecified atom stereocenters. The highest BCUT2D eigenvalue weighted by molar-refractivity contribution is 5.33. The van der Waals surface area contributed by atoms with Gasteiger partial charge in [-0.05, 0) is 18.1 Å². The Bertz CT molecular complexity index is 466. The third-order valence-corrected chi connectivity index (χ3v) is 2.28. The molecule has 0 saturated carbocycles. The first-order valence-electron chi connectivity index (χ1n) is 5.29. The van der Waals surface area contributed by atoms with E-state index in [4.69, 9.17) is 9.26 Å². The van der Waals surface area contributed by atoms with Crippen molar-refractivity contribution in [1.29, 1.82) is 0 Å². The summed E-state index contributed by atoms with van der Waals surface area (Å²) in [5.74, 6) is 2.01. The van der Waals surface area contributed by atoms with E-state index < -0.39 is 0 Å². The average Bonchev–Trinajstić information content (AvgIpc) is 2.73. The van der Waals surface area contributed by atoms with Crippen molar-refractivity contribution in [3.8, 4) is 5.75 Å². The number of hydrogen-bond acceptors (Lipinski definition) is 4. The van der Waals surface area contributed by atoms with Crippen LogP contribution in [0.3, 0.4) is 0 Å². The highest BCUT2D eigenvalue weighted by Crippen LogP contribution is 2.19. The molecule has 0 atom stereocenters. The van der Waals surface area contributed by atoms with Gasteiger partial charge in [0.05, 0.1) is 0 Å². The third kappa shape index (κ3) is 2.39. The largest absolute Gasteiger partial charge is 0.485 e. The predicted octanol–water partition coefficient (Wildman–Crippen LogP) is 2.52. The zero-order chi connectivity index (χ0) is 11.4. The fourth-order valence-electron chi connectivity index (χ4n) is 1.48. The molecule has 0 spiro atoms. The minimum Gasteiger partial charge on any atom is -0.485 e. The summed E-state index contributed by atoms with van der Waals surface area (Å²) in [5.41, 5.74) is 1.18. The Labute approximate surface area is 94.2 Å². The van der Waals surface area contributed by atoms with Gasteiger partial charge in [-0.1, -0.05) is 30.3 Å². The molecule has 0 fully saturated rings. The van der Waals surface area contributed by atoms with Crippen LogP contribution in [-0.2, 0) is 13.0 Å². The minimum absolute atomic E-state index is 0.342. The number of hydrogen-bond donors (Lipinski definition) is 0. The van der Waals surface area contributed by atoms with Gasteiger partial charge in [-0.3, -0.25) is 0 Å². The van der Waals surface area contributed by atoms with Gasteiger partial charge in [0.1, 0.15) is 5.75 Å². The topological polar surface area (TPSA) is 48.2 Å². The van der Waals surface area contributed by atoms with Crippen molar-refractivity contribution in [2.45, 2.75) is 26.9 Å². The quantitative estimate of drug-likeness (QED) is 0.791. The van der Waals surface area contributed by atoms with Crippen molar-refractivity contribution in [1.82, 2.24) is 10.1 Å². The van der Waals surface area contributed by atoms with E-state index >= 15 is 0 Å². The summed E-state index contributed by atoms with van der Waals surface area (Å²) < 4.78 is 10.5. The van der Waals surface area contributed by atoms with Crippen molar-refractivity contribution in [3.63, 3.8) is 0 Å². The first kappa shape index (κ1) is 10.7. The van der Waals surface area contributed by atoms with E-state index in [-0.39, 0.29) is 0 Å². The fraction of sp³-hybridized carbons (Fsp3) is 0.333. The lowest BCUT2D eigenvalue weighted by Gasteiger charge is -2.07. The highest BCUT2D eigenvalue weighted by Gasteiger charge is 2.05. The summed E-state index contributed by atoms with van der Waals surface area (Å²) in [5, 5.41) is 3.78. The van der Waals surface area contributed by atoms with Crippen LogP contribution in [0.5, 0.6) is 5.75 Å². The molecule has 0 bridgehead atoms. The molecule has 4 nitrogen and oxygen atoms in total. The van der Waals surface area contributed by atoms with E-state index in [9.17, 15) is 0 Å². The van der Waals surface area contributed by atoms with Crippen molar-refractivity contribution in [2.75, 3.05) is 0 Å². The Morgan fingerprint density at radius 3 is 2.81 bits per heavy atom. The number of ether oxygens (including phenoxy) is 1. The predicted molar refractivity (Wildman–Crippen MR) is 59.2 cm³/mol. The van der Waals surface area contributed by atoms with Crippen LogP contribution in [0, 0.1) is 6.92 Å². The Kier molecular flexibility index (Phi) is 3.19. The van der Waals surface area contributed by atoms with E-state index in [1.165, 1.54) is 5.56 Å². The SMILES string of the molecule is CCc1ccccc1OCc1noc(C)n1. The van der Waals surface area contributed by atoms with Gasteiger partial charge in [-0.15, -0.1) is 0 Å². The second-order valence-electron chi connectivity index (χ2n) is 3.48. The second kappa shape index (κ2) is 4.79. The Hall–Kier alpha value is -1.84. The third-order valence-electron chi connectivity index (χ3n) is 2.28. The Morgan fingerprint density at radius 1 is 1.31 bits per heavy atom. The molecule has 4 heteroatoms. The molecular formula is C12H14N2O2. The van der Waals surface area contributed by atoms with E-state index in [1.54, 1.807) is 6.92 Å². The van der Waals surface area contributed by atoms with E-state index in [0.717, 1.165) is 12.2 Å². The summed E-state index contributed by atoms with van der Waals surface area (Å²) in [6.07, 6.45) is 0.946. The maximum atomic E-state index is 5.64. The van der Waals surface area contributed by atoms with Crippen LogP contribution < -0.4 is 4.74 Å². The molecule has 0 saturated heterocycles. The normalized spacial score (nSPS) is 10.4. The van der Waals surface area contributed by atoms with Gasteiger partial charge < -0.3 is 9.26 Å². The molecule has 0 amide bonds. The molecule has 0 N–H and O–H groups in total. The van der Waals surface area contributed by atoms with Gasteiger partial charge in [-0.25, -0.2) is 0 Å². The maximum absolute atomic E-state index is 5.64. The highest BCUT2D eigenvalue weighted by atomic mass is 16.5. The monoisotopic (exact) mass is 218 g/mol. The molecule has 1 heterocycles. The lowest BCUT2D eigenvalue weighted by molar-refractivity contribution is 0.283. The molecule has 2 rings (SSSR count). The molecule has 2 aromatic rings. The number of para-hydroxylation sites is 1. The van der Waals surface area contributed by atoms with Crippen LogP contribution >= 0.6 is 0 Å². The summed E-state index contributed by atoms with van der Waals surface area (Å²) in [7, 11) is 0. The number of rotatable bonds is 4. The van der Waals surface area contributed by atoms with E-state index in [0.29, 0.717) is 18.3 Å². The molecule has 16 heavy (non-hydrogen) atoms. The standard InChI is InChI=1S/C12H14N2O2/c1-3-10-6-4-5-7-11(10)15-8-12-13-9(2)16-14-12/h4-7H,3,8H2,1-2H3. The maximum Gasteiger partial charge on any atom is 0.223 e. The molecular weight excluding hydrogens is 204 g/mol. The molecule has 0 aliphatic rings. The van der Waals surface area contributed by atoms with Crippen LogP contribution in [-0.4, -0.2) is 10.1 Å². The molecule has 84 valence electrons. The molecule has 0 radical (unpaired) electrons. The van der Waals surface area contributed by atoms with Crippen LogP contribution in [0.4, 0.5) is 0 Å². The van der Waals surface area contributed by atoms with Gasteiger partial charge in [0, 0.05) is 6.92 Å². The Balaban J connectivity index is 2.04. The van der Waals surface area contributed by atoms with Crippen LogP contribution in [0.1, 0.15) is 24.2 Å². The first-order valence-corrected chi connectivity index (χ1v) is 5.29. The van der Waals surface area contributed by atoms with Gasteiger partial charge in [-0.2, -0.15) is 4.98 Å². The van der Waals surface area contributed by atoms with Crippen LogP contribution in [0.2, 0.25) is 0 Å². The fourth-order valence-corrected chi connectivity index (χ4v) is 1.48. The number of benzene rings is 1. The summed E-state index contributed by atoms with van der Waals surface area (Å²) >= 11 is 0. The van der Waals surface area contributed by atoms with Gasteiger partial charge in [0.15, 0.2) is 6.61 Å². The number of aryl methyl sites for hydroxylation is 2. The van der Waals surface area contributed by atoms with E-state index in [1.807, 2.05) is 18.2 Å². The first-order chi connectivity index (χ1) is 7.79. The van der Waals surface area contributed by atoms with Gasteiger partial charge in [0.2, 0.25) is 11.7 Å². The average molecular weight is 218 g/mol. The zero-order valence-corrected chi connectivity index (χ0v) is 9.43. The van der Waals surface area contributed by atoms with Crippen LogP contribution in [0.15, 0.2) is 28.8 Å². The van der Waals surface area contributed by atoms with Crippen LogP contribution in [0.25, 0.3) is 0 Å². The van der Waals surface area contributed by atoms with Crippen molar-refractivity contribution >= 4 is 0 Å². The number of aromatic nitrogens is 2. The van der Waals surface area contributed by atoms with Crippen molar-refractivity contribution in [2.24, 2.45) is 0 Å². The molecule has 0 aliphatic heterocycles. The smallest absolute Gasteiger partial charge is 0.223 e. The van der Waals surface area contributed by atoms with Gasteiger partial charge >= 0.3 is 0 Å². The summed E-state index contributed by atoms with van der Waals surface area (Å²) in [4.78, 5) is 4.08. The van der Waals surface area contributed by atoms with Crippen molar-refractivity contribution < 1.29 is 9.26 Å². The zero-order valence-electron chi connectivity index (χ0n) is 9.43. The lowest BCUT2D eigenvalue weighted by Crippen LogP contribution is -1.99. The lowest BCUT2D eigenvalue weighted by atomic mass is 10.1. The molecule has 0 aliphatic carbocycles. The second-order valence-corrected chi connectivity index (χ2v) is 3.48.